The highest BCUT2D eigenvalue weighted by Crippen LogP contribution is 2.52. The lowest BCUT2D eigenvalue weighted by atomic mass is 9.61. The van der Waals surface area contributed by atoms with E-state index in [2.05, 4.69) is 70.6 Å². The van der Waals surface area contributed by atoms with Crippen LogP contribution in [0.25, 0.3) is 0 Å². The van der Waals surface area contributed by atoms with Gasteiger partial charge in [-0.3, -0.25) is 0 Å². The maximum absolute atomic E-state index is 10.1. The number of rotatable bonds is 2. The molecule has 6 heteroatoms. The van der Waals surface area contributed by atoms with Crippen LogP contribution in [0.3, 0.4) is 0 Å². The van der Waals surface area contributed by atoms with Gasteiger partial charge in [0.15, 0.2) is 0 Å². The van der Waals surface area contributed by atoms with Gasteiger partial charge >= 0.3 is 0 Å². The second kappa shape index (κ2) is 7.53. The van der Waals surface area contributed by atoms with Crippen molar-refractivity contribution in [3.8, 4) is 11.5 Å². The number of phenols is 2. The van der Waals surface area contributed by atoms with Crippen molar-refractivity contribution in [1.29, 1.82) is 0 Å². The van der Waals surface area contributed by atoms with Crippen LogP contribution in [0, 0.1) is 0 Å². The van der Waals surface area contributed by atoms with Crippen LogP contribution >= 0.6 is 63.7 Å². The van der Waals surface area contributed by atoms with Gasteiger partial charge in [0, 0.05) is 0 Å². The molecule has 1 saturated carbocycles. The first-order valence-corrected chi connectivity index (χ1v) is 11.3. The Morgan fingerprint density at radius 1 is 0.840 bits per heavy atom. The smallest absolute Gasteiger partial charge is 0.143 e. The van der Waals surface area contributed by atoms with E-state index in [0.717, 1.165) is 12.8 Å². The molecule has 1 aliphatic rings. The summed E-state index contributed by atoms with van der Waals surface area (Å²) >= 11 is 13.9. The van der Waals surface area contributed by atoms with Crippen LogP contribution in [-0.2, 0) is 5.41 Å². The van der Waals surface area contributed by atoms with Crippen LogP contribution in [0.5, 0.6) is 11.5 Å². The van der Waals surface area contributed by atoms with Crippen LogP contribution in [0.1, 0.15) is 49.7 Å². The molecule has 2 atom stereocenters. The Bertz CT molecular complexity index is 775. The summed E-state index contributed by atoms with van der Waals surface area (Å²) in [5.41, 5.74) is 2.36. The lowest BCUT2D eigenvalue weighted by Crippen LogP contribution is -2.33. The average molecular weight is 598 g/mol. The highest BCUT2D eigenvalue weighted by Gasteiger charge is 2.39. The fraction of sp³-hybridized carbons (Fsp3) is 0.368. The molecular formula is C19H18Br4O2. The molecule has 0 aromatic heterocycles. The third kappa shape index (κ3) is 3.69. The van der Waals surface area contributed by atoms with E-state index in [0.29, 0.717) is 23.8 Å². The molecule has 0 heterocycles. The third-order valence-electron chi connectivity index (χ3n) is 5.33. The van der Waals surface area contributed by atoms with Gasteiger partial charge in [0.05, 0.1) is 17.9 Å². The number of hydrogen-bond acceptors (Lipinski definition) is 2. The van der Waals surface area contributed by atoms with E-state index < -0.39 is 0 Å². The van der Waals surface area contributed by atoms with E-state index in [4.69, 9.17) is 0 Å². The molecule has 2 nitrogen and oxygen atoms in total. The van der Waals surface area contributed by atoms with E-state index >= 15 is 0 Å². The van der Waals surface area contributed by atoms with Crippen LogP contribution in [0.15, 0.2) is 42.2 Å². The van der Waals surface area contributed by atoms with Gasteiger partial charge in [-0.1, -0.05) is 19.8 Å². The minimum atomic E-state index is -0.0488. The normalized spacial score (nSPS) is 23.6. The van der Waals surface area contributed by atoms with Crippen molar-refractivity contribution < 1.29 is 10.2 Å². The molecule has 2 aromatic carbocycles. The lowest BCUT2D eigenvalue weighted by Gasteiger charge is -2.43. The summed E-state index contributed by atoms with van der Waals surface area (Å²) in [5, 5.41) is 20.1. The molecule has 25 heavy (non-hydrogen) atoms. The molecule has 0 spiro atoms. The van der Waals surface area contributed by atoms with Crippen molar-refractivity contribution in [2.75, 3.05) is 0 Å². The molecule has 0 aliphatic heterocycles. The zero-order chi connectivity index (χ0) is 18.4. The Labute approximate surface area is 181 Å². The van der Waals surface area contributed by atoms with E-state index in [1.165, 1.54) is 24.0 Å². The summed E-state index contributed by atoms with van der Waals surface area (Å²) in [7, 11) is 0. The average Bonchev–Trinajstić information content (AvgIpc) is 2.57. The van der Waals surface area contributed by atoms with Gasteiger partial charge in [-0.05, 0) is 123 Å². The van der Waals surface area contributed by atoms with Gasteiger partial charge in [0.25, 0.3) is 0 Å². The summed E-state index contributed by atoms with van der Waals surface area (Å²) in [6, 6.07) is 8.11. The second-order valence-corrected chi connectivity index (χ2v) is 10.3. The molecule has 134 valence electrons. The van der Waals surface area contributed by atoms with Crippen molar-refractivity contribution in [1.82, 2.24) is 0 Å². The lowest BCUT2D eigenvalue weighted by molar-refractivity contribution is 0.269. The molecule has 1 aliphatic carbocycles. The Hall–Kier alpha value is -0.0400. The topological polar surface area (TPSA) is 40.5 Å². The first kappa shape index (κ1) is 19.7. The fourth-order valence-electron chi connectivity index (χ4n) is 3.90. The summed E-state index contributed by atoms with van der Waals surface area (Å²) < 4.78 is 2.82. The minimum absolute atomic E-state index is 0.0488. The molecule has 2 N–H and O–H groups in total. The second-order valence-electron chi connectivity index (χ2n) is 6.84. The molecule has 0 saturated heterocycles. The maximum atomic E-state index is 10.1. The first-order valence-electron chi connectivity index (χ1n) is 8.10. The number of aromatic hydroxyl groups is 2. The Morgan fingerprint density at radius 3 is 1.84 bits per heavy atom. The van der Waals surface area contributed by atoms with E-state index in [-0.39, 0.29) is 16.9 Å². The van der Waals surface area contributed by atoms with Gasteiger partial charge in [-0.2, -0.15) is 0 Å². The van der Waals surface area contributed by atoms with Gasteiger partial charge in [-0.15, -0.1) is 0 Å². The molecule has 0 bridgehead atoms. The van der Waals surface area contributed by atoms with Gasteiger partial charge in [0.2, 0.25) is 0 Å². The molecule has 1 fully saturated rings. The summed E-state index contributed by atoms with van der Waals surface area (Å²) in [4.78, 5) is 0. The molecular weight excluding hydrogens is 580 g/mol. The number of phenolic OH excluding ortho intramolecular Hbond substituents is 2. The summed E-state index contributed by atoms with van der Waals surface area (Å²) in [6.45, 7) is 2.30. The molecule has 0 amide bonds. The van der Waals surface area contributed by atoms with Gasteiger partial charge in [0.1, 0.15) is 11.5 Å². The Kier molecular flexibility index (Phi) is 5.94. The van der Waals surface area contributed by atoms with Crippen molar-refractivity contribution in [3.63, 3.8) is 0 Å². The summed E-state index contributed by atoms with van der Waals surface area (Å²) in [6.07, 6.45) is 4.55. The minimum Gasteiger partial charge on any atom is -0.506 e. The van der Waals surface area contributed by atoms with Crippen LogP contribution in [0.2, 0.25) is 0 Å². The van der Waals surface area contributed by atoms with Crippen LogP contribution in [-0.4, -0.2) is 10.2 Å². The van der Waals surface area contributed by atoms with Gasteiger partial charge in [-0.25, -0.2) is 0 Å². The maximum Gasteiger partial charge on any atom is 0.143 e. The van der Waals surface area contributed by atoms with Crippen molar-refractivity contribution in [3.05, 3.63) is 53.3 Å². The van der Waals surface area contributed by atoms with Crippen LogP contribution in [0.4, 0.5) is 0 Å². The quantitative estimate of drug-likeness (QED) is 0.371. The Morgan fingerprint density at radius 2 is 1.32 bits per heavy atom. The SMILES string of the molecule is CC1(c2cc(Br)c(O)c(Br)c2)CCCCC1c1cc(Br)c(O)c(Br)c1. The van der Waals surface area contributed by atoms with E-state index in [9.17, 15) is 10.2 Å². The molecule has 0 radical (unpaired) electrons. The molecule has 2 aromatic rings. The largest absolute Gasteiger partial charge is 0.506 e. The first-order chi connectivity index (χ1) is 11.7. The number of hydrogen-bond donors (Lipinski definition) is 2. The predicted molar refractivity (Wildman–Crippen MR) is 116 cm³/mol. The molecule has 2 unspecified atom stereocenters. The van der Waals surface area contributed by atoms with E-state index in [1.54, 1.807) is 0 Å². The highest BCUT2D eigenvalue weighted by atomic mass is 79.9. The predicted octanol–water partition coefficient (Wildman–Crippen LogP) is 7.76. The highest BCUT2D eigenvalue weighted by molar-refractivity contribution is 9.11. The van der Waals surface area contributed by atoms with Gasteiger partial charge < -0.3 is 10.2 Å². The van der Waals surface area contributed by atoms with Crippen molar-refractivity contribution in [2.24, 2.45) is 0 Å². The van der Waals surface area contributed by atoms with E-state index in [1.807, 2.05) is 24.3 Å². The standard InChI is InChI=1S/C19H18Br4O2/c1-19(11-8-15(22)18(25)16(23)9-11)5-3-2-4-12(19)10-6-13(20)17(24)14(21)7-10/h6-9,12,24-25H,2-5H2,1H3. The zero-order valence-electron chi connectivity index (χ0n) is 13.6. The van der Waals surface area contributed by atoms with Crippen molar-refractivity contribution >= 4 is 63.7 Å². The molecule has 3 rings (SSSR count). The monoisotopic (exact) mass is 594 g/mol. The van der Waals surface area contributed by atoms with Crippen molar-refractivity contribution in [2.45, 2.75) is 43.9 Å². The summed E-state index contributed by atoms with van der Waals surface area (Å²) in [5.74, 6) is 0.795. The zero-order valence-corrected chi connectivity index (χ0v) is 20.0. The third-order valence-corrected chi connectivity index (χ3v) is 7.74. The fourth-order valence-corrected chi connectivity index (χ4v) is 6.30. The van der Waals surface area contributed by atoms with Crippen LogP contribution < -0.4 is 0 Å². The Balaban J connectivity index is 2.12. The number of halogens is 4. The number of benzene rings is 2.